The molecule has 0 aromatic carbocycles. The van der Waals surface area contributed by atoms with Gasteiger partial charge >= 0.3 is 0 Å². The van der Waals surface area contributed by atoms with Crippen LogP contribution < -0.4 is 0 Å². The van der Waals surface area contributed by atoms with Gasteiger partial charge in [-0.1, -0.05) is 5.57 Å². The lowest BCUT2D eigenvalue weighted by Gasteiger charge is -1.65. The smallest absolute Gasteiger partial charge is 0 e. The molecule has 0 aliphatic carbocycles. The Balaban J connectivity index is -0.0000000450. The second-order valence-electron chi connectivity index (χ2n) is 1.21. The second kappa shape index (κ2) is 9.10. The van der Waals surface area contributed by atoms with Crippen LogP contribution in [0.5, 0.6) is 0 Å². The maximum Gasteiger partial charge on any atom is 0 e. The number of rotatable bonds is 0. The van der Waals surface area contributed by atoms with Crippen molar-refractivity contribution >= 4 is 23.4 Å². The topological polar surface area (TPSA) is 0 Å². The van der Waals surface area contributed by atoms with Gasteiger partial charge in [-0.15, -0.1) is 6.58 Å². The first-order valence-electron chi connectivity index (χ1n) is 1.35. The molecule has 0 N–H and O–H groups in total. The van der Waals surface area contributed by atoms with Gasteiger partial charge in [0.2, 0.25) is 0 Å². The average Bonchev–Trinajstić information content (AvgIpc) is 0.811. The summed E-state index contributed by atoms with van der Waals surface area (Å²) in [7, 11) is 0. The molecule has 0 unspecified atom stereocenters. The zero-order valence-electron chi connectivity index (χ0n) is 4.06. The fourth-order valence-corrected chi connectivity index (χ4v) is 0. The fourth-order valence-electron chi connectivity index (χ4n) is 0. The summed E-state index contributed by atoms with van der Waals surface area (Å²) in [6.07, 6.45) is 0. The van der Waals surface area contributed by atoms with Crippen LogP contribution >= 0.6 is 23.4 Å². The quantitative estimate of drug-likeness (QED) is 0.339. The largest absolute Gasteiger partial charge is 0.100 e. The molecule has 0 spiro atoms. The Morgan fingerprint density at radius 2 is 1.33 bits per heavy atom. The third-order valence-corrected chi connectivity index (χ3v) is 0. The van der Waals surface area contributed by atoms with Crippen molar-refractivity contribution in [2.45, 2.75) is 13.8 Å². The molecule has 35 valence electrons. The number of allylic oxidation sites excluding steroid dienone is 1. The summed E-state index contributed by atoms with van der Waals surface area (Å²) in [6, 6.07) is 0. The Labute approximate surface area is 50.1 Å². The highest BCUT2D eigenvalue weighted by Gasteiger charge is 1.51. The third kappa shape index (κ3) is 207. The summed E-state index contributed by atoms with van der Waals surface area (Å²) >= 11 is 0. The van der Waals surface area contributed by atoms with Crippen molar-refractivity contribution in [3.8, 4) is 0 Å². The van der Waals surface area contributed by atoms with Crippen molar-refractivity contribution in [3.05, 3.63) is 12.2 Å². The van der Waals surface area contributed by atoms with Gasteiger partial charge in [0.1, 0.15) is 0 Å². The van der Waals surface area contributed by atoms with Gasteiger partial charge in [0.25, 0.3) is 0 Å². The highest BCUT2D eigenvalue weighted by molar-refractivity contribution is 7.59. The van der Waals surface area contributed by atoms with Crippen LogP contribution in [-0.4, -0.2) is 0 Å². The van der Waals surface area contributed by atoms with Crippen LogP contribution in [0.25, 0.3) is 0 Å². The van der Waals surface area contributed by atoms with E-state index in [1.165, 1.54) is 5.57 Å². The molecule has 0 fully saturated rings. The molecule has 0 heterocycles. The minimum absolute atomic E-state index is 0. The van der Waals surface area contributed by atoms with Gasteiger partial charge in [-0.25, -0.2) is 0 Å². The molecule has 0 saturated heterocycles. The van der Waals surface area contributed by atoms with Gasteiger partial charge in [0.15, 0.2) is 0 Å². The van der Waals surface area contributed by atoms with Crippen LogP contribution in [0.15, 0.2) is 12.2 Å². The SMILES string of the molecule is C=C(C)C.[P].[S]. The summed E-state index contributed by atoms with van der Waals surface area (Å²) in [4.78, 5) is 0. The van der Waals surface area contributed by atoms with Crippen molar-refractivity contribution < 1.29 is 0 Å². The average molecular weight is 119 g/mol. The summed E-state index contributed by atoms with van der Waals surface area (Å²) < 4.78 is 0. The normalized spacial score (nSPS) is 4.33. The van der Waals surface area contributed by atoms with Gasteiger partial charge in [-0.3, -0.25) is 0 Å². The number of hydrogen-bond acceptors (Lipinski definition) is 0. The molecule has 0 aliphatic rings. The molecule has 6 heavy (non-hydrogen) atoms. The monoisotopic (exact) mass is 119 g/mol. The van der Waals surface area contributed by atoms with Crippen LogP contribution in [0.3, 0.4) is 0 Å². The zero-order chi connectivity index (χ0) is 3.58. The first-order chi connectivity index (χ1) is 1.73. The van der Waals surface area contributed by atoms with Crippen molar-refractivity contribution in [1.29, 1.82) is 0 Å². The molecule has 0 aliphatic heterocycles. The lowest BCUT2D eigenvalue weighted by molar-refractivity contribution is 1.42. The maximum absolute atomic E-state index is 3.56. The fraction of sp³-hybridized carbons (Fsp3) is 0.500. The van der Waals surface area contributed by atoms with Gasteiger partial charge in [0.05, 0.1) is 0 Å². The van der Waals surface area contributed by atoms with Crippen molar-refractivity contribution in [1.82, 2.24) is 0 Å². The number of hydrogen-bond donors (Lipinski definition) is 0. The highest BCUT2D eigenvalue weighted by atomic mass is 32.1. The summed E-state index contributed by atoms with van der Waals surface area (Å²) in [5.74, 6) is 0. The van der Waals surface area contributed by atoms with E-state index >= 15 is 0 Å². The van der Waals surface area contributed by atoms with E-state index < -0.39 is 0 Å². The van der Waals surface area contributed by atoms with Gasteiger partial charge in [-0.05, 0) is 13.8 Å². The molecular weight excluding hydrogens is 111 g/mol. The second-order valence-corrected chi connectivity index (χ2v) is 1.21. The Bertz CT molecular complexity index is 30.5. The molecule has 0 aromatic rings. The molecular formula is C4H8PS. The van der Waals surface area contributed by atoms with E-state index in [9.17, 15) is 0 Å². The Kier molecular flexibility index (Phi) is 24.3. The first-order valence-corrected chi connectivity index (χ1v) is 1.35. The highest BCUT2D eigenvalue weighted by Crippen LogP contribution is 1.73. The molecule has 0 saturated carbocycles. The summed E-state index contributed by atoms with van der Waals surface area (Å²) in [5, 5.41) is 0. The Morgan fingerprint density at radius 1 is 1.33 bits per heavy atom. The summed E-state index contributed by atoms with van der Waals surface area (Å²) in [6.45, 7) is 7.50. The maximum atomic E-state index is 3.56. The molecule has 0 bridgehead atoms. The first kappa shape index (κ1) is 16.0. The molecule has 0 rings (SSSR count). The van der Waals surface area contributed by atoms with Crippen molar-refractivity contribution in [3.63, 3.8) is 0 Å². The Hall–Kier alpha value is 0.520. The van der Waals surface area contributed by atoms with Crippen molar-refractivity contribution in [2.75, 3.05) is 0 Å². The van der Waals surface area contributed by atoms with Crippen LogP contribution in [0.1, 0.15) is 13.8 Å². The minimum atomic E-state index is 0. The minimum Gasteiger partial charge on any atom is -0.100 e. The molecule has 0 nitrogen and oxygen atoms in total. The third-order valence-electron chi connectivity index (χ3n) is 0. The van der Waals surface area contributed by atoms with E-state index in [2.05, 4.69) is 6.58 Å². The molecule has 5 radical (unpaired) electrons. The van der Waals surface area contributed by atoms with E-state index in [0.717, 1.165) is 0 Å². The Morgan fingerprint density at radius 3 is 1.33 bits per heavy atom. The lowest BCUT2D eigenvalue weighted by atomic mass is 10.4. The van der Waals surface area contributed by atoms with E-state index in [-0.39, 0.29) is 23.4 Å². The van der Waals surface area contributed by atoms with E-state index in [0.29, 0.717) is 0 Å². The van der Waals surface area contributed by atoms with E-state index in [1.54, 1.807) is 0 Å². The van der Waals surface area contributed by atoms with Crippen molar-refractivity contribution in [2.24, 2.45) is 0 Å². The predicted molar refractivity (Wildman–Crippen MR) is 35.0 cm³/mol. The molecule has 0 atom stereocenters. The van der Waals surface area contributed by atoms with E-state index in [1.807, 2.05) is 13.8 Å². The molecule has 0 amide bonds. The van der Waals surface area contributed by atoms with Crippen LogP contribution in [0, 0.1) is 0 Å². The van der Waals surface area contributed by atoms with Gasteiger partial charge < -0.3 is 0 Å². The summed E-state index contributed by atoms with van der Waals surface area (Å²) in [5.41, 5.74) is 1.17. The van der Waals surface area contributed by atoms with Crippen LogP contribution in [0.4, 0.5) is 0 Å². The molecule has 2 heteroatoms. The predicted octanol–water partition coefficient (Wildman–Crippen LogP) is 3.09. The molecule has 0 aromatic heterocycles. The standard InChI is InChI=1S/C4H8.P.S/c1-4(2)3;;/h1H2,2-3H3;;. The van der Waals surface area contributed by atoms with Crippen LogP contribution in [0.2, 0.25) is 0 Å². The van der Waals surface area contributed by atoms with E-state index in [4.69, 9.17) is 0 Å². The van der Waals surface area contributed by atoms with Gasteiger partial charge in [0, 0.05) is 23.4 Å². The van der Waals surface area contributed by atoms with Crippen LogP contribution in [-0.2, 0) is 0 Å². The lowest BCUT2D eigenvalue weighted by Crippen LogP contribution is -1.43. The zero-order valence-corrected chi connectivity index (χ0v) is 5.77. The van der Waals surface area contributed by atoms with Gasteiger partial charge in [-0.2, -0.15) is 0 Å².